The van der Waals surface area contributed by atoms with Crippen LogP contribution in [0.25, 0.3) is 10.9 Å². The van der Waals surface area contributed by atoms with Crippen LogP contribution in [-0.4, -0.2) is 41.2 Å². The second-order valence-electron chi connectivity index (χ2n) is 7.44. The van der Waals surface area contributed by atoms with E-state index < -0.39 is 0 Å². The minimum Gasteiger partial charge on any atom is -0.481 e. The highest BCUT2D eigenvalue weighted by atomic mass is 16.5. The van der Waals surface area contributed by atoms with Crippen LogP contribution in [0.15, 0.2) is 24.3 Å². The van der Waals surface area contributed by atoms with E-state index >= 15 is 0 Å². The zero-order valence-electron chi connectivity index (χ0n) is 17.4. The van der Waals surface area contributed by atoms with E-state index in [1.807, 2.05) is 18.2 Å². The first kappa shape index (κ1) is 20.0. The molecule has 3 aromatic rings. The summed E-state index contributed by atoms with van der Waals surface area (Å²) in [5.41, 5.74) is 9.99. The molecule has 0 unspecified atom stereocenters. The predicted octanol–water partition coefficient (Wildman–Crippen LogP) is 2.93. The molecule has 0 radical (unpaired) electrons. The maximum absolute atomic E-state index is 11.6. The summed E-state index contributed by atoms with van der Waals surface area (Å²) in [5, 5.41) is 4.41. The standard InChI is InChI=1S/C22H27N5O3/c1-29-19-13-20(30-2)26-22(25-19)24-10-5-11-27-17-7-4-3-6-15(17)16-12-14(21(23)28)8-9-18(16)27/h8-9,12-13H,3-7,10-11H2,1-2H3,(H2,23,28)(H,24,25,26). The molecule has 0 saturated carbocycles. The van der Waals surface area contributed by atoms with Gasteiger partial charge in [0.2, 0.25) is 23.6 Å². The van der Waals surface area contributed by atoms with Gasteiger partial charge in [0.1, 0.15) is 0 Å². The lowest BCUT2D eigenvalue weighted by atomic mass is 9.95. The van der Waals surface area contributed by atoms with Gasteiger partial charge in [0.25, 0.3) is 0 Å². The van der Waals surface area contributed by atoms with E-state index in [1.54, 1.807) is 20.3 Å². The van der Waals surface area contributed by atoms with E-state index in [-0.39, 0.29) is 5.91 Å². The number of carbonyl (C=O) groups is 1. The fraction of sp³-hybridized carbons (Fsp3) is 0.409. The number of methoxy groups -OCH3 is 2. The summed E-state index contributed by atoms with van der Waals surface area (Å²) in [6.45, 7) is 1.58. The molecule has 158 valence electrons. The molecule has 0 saturated heterocycles. The Kier molecular flexibility index (Phi) is 5.74. The molecular formula is C22H27N5O3. The molecule has 30 heavy (non-hydrogen) atoms. The van der Waals surface area contributed by atoms with E-state index in [2.05, 4.69) is 19.9 Å². The molecule has 2 aromatic heterocycles. The summed E-state index contributed by atoms with van der Waals surface area (Å²) >= 11 is 0. The Bertz CT molecular complexity index is 1050. The SMILES string of the molecule is COc1cc(OC)nc(NCCCn2c3c(c4cc(C(N)=O)ccc42)CCCC3)n1. The Balaban J connectivity index is 1.51. The Morgan fingerprint density at radius 2 is 1.87 bits per heavy atom. The maximum atomic E-state index is 11.6. The number of hydrogen-bond acceptors (Lipinski definition) is 6. The van der Waals surface area contributed by atoms with Crippen molar-refractivity contribution < 1.29 is 14.3 Å². The van der Waals surface area contributed by atoms with Gasteiger partial charge in [0, 0.05) is 35.2 Å². The smallest absolute Gasteiger partial charge is 0.248 e. The third-order valence-electron chi connectivity index (χ3n) is 5.60. The van der Waals surface area contributed by atoms with Crippen molar-refractivity contribution in [2.45, 2.75) is 38.6 Å². The first-order valence-corrected chi connectivity index (χ1v) is 10.3. The Hall–Kier alpha value is -3.29. The average Bonchev–Trinajstić information content (AvgIpc) is 3.09. The highest BCUT2D eigenvalue weighted by Gasteiger charge is 2.20. The second kappa shape index (κ2) is 8.61. The van der Waals surface area contributed by atoms with Gasteiger partial charge in [0.15, 0.2) is 0 Å². The van der Waals surface area contributed by atoms with E-state index in [0.29, 0.717) is 29.8 Å². The molecule has 1 amide bonds. The van der Waals surface area contributed by atoms with Gasteiger partial charge >= 0.3 is 0 Å². The van der Waals surface area contributed by atoms with Crippen LogP contribution in [0.5, 0.6) is 11.8 Å². The number of ether oxygens (including phenoxy) is 2. The molecule has 1 aliphatic rings. The molecule has 4 rings (SSSR count). The van der Waals surface area contributed by atoms with Gasteiger partial charge < -0.3 is 25.1 Å². The van der Waals surface area contributed by atoms with Gasteiger partial charge in [-0.05, 0) is 55.9 Å². The van der Waals surface area contributed by atoms with Crippen LogP contribution >= 0.6 is 0 Å². The van der Waals surface area contributed by atoms with Crippen molar-refractivity contribution in [3.05, 3.63) is 41.1 Å². The van der Waals surface area contributed by atoms with E-state index in [4.69, 9.17) is 15.2 Å². The summed E-state index contributed by atoms with van der Waals surface area (Å²) < 4.78 is 12.8. The normalized spacial score (nSPS) is 13.1. The van der Waals surface area contributed by atoms with Crippen molar-refractivity contribution in [3.63, 3.8) is 0 Å². The van der Waals surface area contributed by atoms with E-state index in [0.717, 1.165) is 31.2 Å². The number of amides is 1. The van der Waals surface area contributed by atoms with Crippen LogP contribution in [0.4, 0.5) is 5.95 Å². The molecule has 0 spiro atoms. The number of benzene rings is 1. The van der Waals surface area contributed by atoms with Crippen molar-refractivity contribution in [2.24, 2.45) is 5.73 Å². The zero-order chi connectivity index (χ0) is 21.1. The molecule has 0 bridgehead atoms. The minimum atomic E-state index is -0.382. The van der Waals surface area contributed by atoms with Gasteiger partial charge in [-0.3, -0.25) is 4.79 Å². The fourth-order valence-corrected chi connectivity index (χ4v) is 4.17. The number of fused-ring (bicyclic) bond motifs is 3. The molecule has 0 atom stereocenters. The van der Waals surface area contributed by atoms with Crippen molar-refractivity contribution in [1.29, 1.82) is 0 Å². The molecule has 8 nitrogen and oxygen atoms in total. The Morgan fingerprint density at radius 3 is 2.57 bits per heavy atom. The molecule has 1 aromatic carbocycles. The summed E-state index contributed by atoms with van der Waals surface area (Å²) in [7, 11) is 3.13. The van der Waals surface area contributed by atoms with E-state index in [9.17, 15) is 4.79 Å². The zero-order valence-corrected chi connectivity index (χ0v) is 17.4. The molecule has 0 aliphatic heterocycles. The van der Waals surface area contributed by atoms with Crippen LogP contribution in [0.1, 0.15) is 40.9 Å². The van der Waals surface area contributed by atoms with Crippen molar-refractivity contribution in [3.8, 4) is 11.8 Å². The van der Waals surface area contributed by atoms with Crippen LogP contribution in [0.2, 0.25) is 0 Å². The number of carbonyl (C=O) groups excluding carboxylic acids is 1. The number of nitrogens with zero attached hydrogens (tertiary/aromatic N) is 3. The molecule has 8 heteroatoms. The highest BCUT2D eigenvalue weighted by molar-refractivity contribution is 5.98. The van der Waals surface area contributed by atoms with Gasteiger partial charge in [-0.15, -0.1) is 0 Å². The third kappa shape index (κ3) is 3.90. The summed E-state index contributed by atoms with van der Waals surface area (Å²) in [6, 6.07) is 7.44. The van der Waals surface area contributed by atoms with Crippen LogP contribution in [-0.2, 0) is 19.4 Å². The average molecular weight is 409 g/mol. The van der Waals surface area contributed by atoms with Gasteiger partial charge in [-0.25, -0.2) is 0 Å². The lowest BCUT2D eigenvalue weighted by Gasteiger charge is -2.16. The largest absolute Gasteiger partial charge is 0.481 e. The van der Waals surface area contributed by atoms with Crippen molar-refractivity contribution in [1.82, 2.24) is 14.5 Å². The number of rotatable bonds is 8. The first-order chi connectivity index (χ1) is 14.6. The van der Waals surface area contributed by atoms with Gasteiger partial charge in [0.05, 0.1) is 20.3 Å². The number of aromatic nitrogens is 3. The second-order valence-corrected chi connectivity index (χ2v) is 7.44. The third-order valence-corrected chi connectivity index (χ3v) is 5.60. The predicted molar refractivity (Wildman–Crippen MR) is 115 cm³/mol. The van der Waals surface area contributed by atoms with Crippen LogP contribution in [0.3, 0.4) is 0 Å². The number of nitrogens with two attached hydrogens (primary N) is 1. The summed E-state index contributed by atoms with van der Waals surface area (Å²) in [6.07, 6.45) is 5.40. The van der Waals surface area contributed by atoms with E-state index in [1.165, 1.54) is 29.6 Å². The fourth-order valence-electron chi connectivity index (χ4n) is 4.17. The van der Waals surface area contributed by atoms with Crippen LogP contribution < -0.4 is 20.5 Å². The summed E-state index contributed by atoms with van der Waals surface area (Å²) in [4.78, 5) is 20.2. The Morgan fingerprint density at radius 1 is 1.13 bits per heavy atom. The highest BCUT2D eigenvalue weighted by Crippen LogP contribution is 2.33. The lowest BCUT2D eigenvalue weighted by Crippen LogP contribution is -2.12. The first-order valence-electron chi connectivity index (χ1n) is 10.3. The van der Waals surface area contributed by atoms with Gasteiger partial charge in [-0.2, -0.15) is 9.97 Å². The van der Waals surface area contributed by atoms with Gasteiger partial charge in [-0.1, -0.05) is 0 Å². The molecular weight excluding hydrogens is 382 g/mol. The number of anilines is 1. The van der Waals surface area contributed by atoms with Crippen molar-refractivity contribution in [2.75, 3.05) is 26.1 Å². The topological polar surface area (TPSA) is 104 Å². The van der Waals surface area contributed by atoms with Crippen molar-refractivity contribution >= 4 is 22.8 Å². The Labute approximate surface area is 175 Å². The molecule has 1 aliphatic carbocycles. The maximum Gasteiger partial charge on any atom is 0.248 e. The van der Waals surface area contributed by atoms with Crippen LogP contribution in [0, 0.1) is 0 Å². The number of primary amides is 1. The number of aryl methyl sites for hydroxylation is 2. The lowest BCUT2D eigenvalue weighted by molar-refractivity contribution is 0.100. The monoisotopic (exact) mass is 409 g/mol. The molecule has 3 N–H and O–H groups in total. The molecule has 0 fully saturated rings. The molecule has 2 heterocycles. The number of nitrogens with one attached hydrogen (secondary N) is 1. The number of hydrogen-bond donors (Lipinski definition) is 2. The summed E-state index contributed by atoms with van der Waals surface area (Å²) in [5.74, 6) is 1.02. The quantitative estimate of drug-likeness (QED) is 0.555. The minimum absolute atomic E-state index is 0.382.